The lowest BCUT2D eigenvalue weighted by molar-refractivity contribution is 0.568. The fourth-order valence-corrected chi connectivity index (χ4v) is 2.92. The summed E-state index contributed by atoms with van der Waals surface area (Å²) < 4.78 is 1.12. The van der Waals surface area contributed by atoms with Crippen LogP contribution in [-0.4, -0.2) is 12.6 Å². The average molecular weight is 317 g/mol. The molecule has 1 N–H and O–H groups in total. The summed E-state index contributed by atoms with van der Waals surface area (Å²) in [7, 11) is 0. The standard InChI is InChI=1S/C16H17BrN2/c1-12-11-19(15-7-4-6-14(17)9-15)16-8-3-2-5-13(16)10-18-12/h2-9,12,18H,10-11H2,1H3. The van der Waals surface area contributed by atoms with Crippen molar-refractivity contribution in [3.63, 3.8) is 0 Å². The summed E-state index contributed by atoms with van der Waals surface area (Å²) in [6, 6.07) is 17.6. The van der Waals surface area contributed by atoms with Crippen molar-refractivity contribution < 1.29 is 0 Å². The number of fused-ring (bicyclic) bond motifs is 1. The van der Waals surface area contributed by atoms with E-state index in [1.54, 1.807) is 0 Å². The summed E-state index contributed by atoms with van der Waals surface area (Å²) in [5.74, 6) is 0. The number of hydrogen-bond acceptors (Lipinski definition) is 2. The molecule has 1 heterocycles. The second-order valence-electron chi connectivity index (χ2n) is 5.00. The first kappa shape index (κ1) is 12.7. The van der Waals surface area contributed by atoms with Crippen molar-refractivity contribution in [3.8, 4) is 0 Å². The summed E-state index contributed by atoms with van der Waals surface area (Å²) >= 11 is 3.56. The molecule has 1 atom stereocenters. The molecule has 2 aromatic rings. The van der Waals surface area contributed by atoms with E-state index >= 15 is 0 Å². The number of hydrogen-bond donors (Lipinski definition) is 1. The third kappa shape index (κ3) is 2.67. The van der Waals surface area contributed by atoms with E-state index < -0.39 is 0 Å². The van der Waals surface area contributed by atoms with E-state index in [0.717, 1.165) is 17.6 Å². The normalized spacial score (nSPS) is 18.8. The number of rotatable bonds is 1. The highest BCUT2D eigenvalue weighted by atomic mass is 79.9. The molecule has 0 aliphatic carbocycles. The maximum absolute atomic E-state index is 3.56. The fraction of sp³-hybridized carbons (Fsp3) is 0.250. The Morgan fingerprint density at radius 2 is 2.00 bits per heavy atom. The Bertz CT molecular complexity index is 582. The predicted molar refractivity (Wildman–Crippen MR) is 83.9 cm³/mol. The molecule has 0 saturated carbocycles. The Kier molecular flexibility index (Phi) is 3.58. The lowest BCUT2D eigenvalue weighted by atomic mass is 10.1. The van der Waals surface area contributed by atoms with Crippen LogP contribution in [0.3, 0.4) is 0 Å². The van der Waals surface area contributed by atoms with Crippen LogP contribution in [0, 0.1) is 0 Å². The van der Waals surface area contributed by atoms with E-state index in [1.807, 2.05) is 0 Å². The van der Waals surface area contributed by atoms with E-state index in [1.165, 1.54) is 16.9 Å². The molecule has 2 aromatic carbocycles. The highest BCUT2D eigenvalue weighted by Crippen LogP contribution is 2.31. The third-order valence-electron chi connectivity index (χ3n) is 3.50. The van der Waals surface area contributed by atoms with Gasteiger partial charge in [-0.25, -0.2) is 0 Å². The first-order chi connectivity index (χ1) is 9.24. The molecule has 98 valence electrons. The van der Waals surface area contributed by atoms with Crippen LogP contribution < -0.4 is 10.2 Å². The van der Waals surface area contributed by atoms with Crippen LogP contribution in [0.4, 0.5) is 11.4 Å². The van der Waals surface area contributed by atoms with Crippen molar-refractivity contribution >= 4 is 27.3 Å². The first-order valence-corrected chi connectivity index (χ1v) is 7.38. The highest BCUT2D eigenvalue weighted by molar-refractivity contribution is 9.10. The Labute approximate surface area is 122 Å². The Morgan fingerprint density at radius 3 is 2.84 bits per heavy atom. The van der Waals surface area contributed by atoms with Crippen molar-refractivity contribution in [1.82, 2.24) is 5.32 Å². The van der Waals surface area contributed by atoms with E-state index in [2.05, 4.69) is 81.6 Å². The smallest absolute Gasteiger partial charge is 0.0456 e. The summed E-state index contributed by atoms with van der Waals surface area (Å²) in [6.07, 6.45) is 0. The van der Waals surface area contributed by atoms with Crippen LogP contribution >= 0.6 is 15.9 Å². The van der Waals surface area contributed by atoms with Crippen LogP contribution in [0.2, 0.25) is 0 Å². The molecule has 1 aliphatic rings. The number of anilines is 2. The molecule has 0 amide bonds. The van der Waals surface area contributed by atoms with Gasteiger partial charge < -0.3 is 10.2 Å². The fourth-order valence-electron chi connectivity index (χ4n) is 2.53. The zero-order valence-electron chi connectivity index (χ0n) is 10.9. The topological polar surface area (TPSA) is 15.3 Å². The lowest BCUT2D eigenvalue weighted by Gasteiger charge is -2.26. The van der Waals surface area contributed by atoms with Gasteiger partial charge in [-0.2, -0.15) is 0 Å². The van der Waals surface area contributed by atoms with E-state index in [0.29, 0.717) is 6.04 Å². The average Bonchev–Trinajstić information content (AvgIpc) is 2.59. The molecular formula is C16H17BrN2. The van der Waals surface area contributed by atoms with Crippen LogP contribution in [0.25, 0.3) is 0 Å². The van der Waals surface area contributed by atoms with Crippen molar-refractivity contribution in [2.75, 3.05) is 11.4 Å². The summed E-state index contributed by atoms with van der Waals surface area (Å²) in [5.41, 5.74) is 3.89. The monoisotopic (exact) mass is 316 g/mol. The van der Waals surface area contributed by atoms with E-state index in [4.69, 9.17) is 0 Å². The molecule has 1 aliphatic heterocycles. The van der Waals surface area contributed by atoms with Gasteiger partial charge in [0, 0.05) is 35.0 Å². The molecule has 0 saturated heterocycles. The molecule has 0 spiro atoms. The summed E-state index contributed by atoms with van der Waals surface area (Å²) in [4.78, 5) is 2.39. The number of para-hydroxylation sites is 1. The molecular weight excluding hydrogens is 300 g/mol. The maximum atomic E-state index is 3.56. The minimum Gasteiger partial charge on any atom is -0.340 e. The van der Waals surface area contributed by atoms with Crippen LogP contribution in [0.15, 0.2) is 53.0 Å². The van der Waals surface area contributed by atoms with Crippen LogP contribution in [0.1, 0.15) is 12.5 Å². The zero-order chi connectivity index (χ0) is 13.2. The highest BCUT2D eigenvalue weighted by Gasteiger charge is 2.19. The molecule has 0 radical (unpaired) electrons. The molecule has 3 heteroatoms. The Morgan fingerprint density at radius 1 is 1.16 bits per heavy atom. The molecule has 0 aromatic heterocycles. The molecule has 1 unspecified atom stereocenters. The molecule has 0 fully saturated rings. The minimum absolute atomic E-state index is 0.464. The van der Waals surface area contributed by atoms with Gasteiger partial charge in [-0.1, -0.05) is 40.2 Å². The Hall–Kier alpha value is -1.32. The SMILES string of the molecule is CC1CN(c2cccc(Br)c2)c2ccccc2CN1. The van der Waals surface area contributed by atoms with Gasteiger partial charge in [-0.15, -0.1) is 0 Å². The summed E-state index contributed by atoms with van der Waals surface area (Å²) in [5, 5.41) is 3.56. The maximum Gasteiger partial charge on any atom is 0.0456 e. The van der Waals surface area contributed by atoms with Gasteiger partial charge in [0.25, 0.3) is 0 Å². The van der Waals surface area contributed by atoms with Crippen molar-refractivity contribution in [1.29, 1.82) is 0 Å². The van der Waals surface area contributed by atoms with Gasteiger partial charge >= 0.3 is 0 Å². The quantitative estimate of drug-likeness (QED) is 0.852. The summed E-state index contributed by atoms with van der Waals surface area (Å²) in [6.45, 7) is 4.15. The van der Waals surface area contributed by atoms with Gasteiger partial charge in [0.1, 0.15) is 0 Å². The van der Waals surface area contributed by atoms with Gasteiger partial charge in [-0.05, 0) is 36.8 Å². The molecule has 2 nitrogen and oxygen atoms in total. The van der Waals surface area contributed by atoms with Gasteiger partial charge in [0.2, 0.25) is 0 Å². The predicted octanol–water partition coefficient (Wildman–Crippen LogP) is 4.08. The Balaban J connectivity index is 2.08. The molecule has 3 rings (SSSR count). The van der Waals surface area contributed by atoms with Gasteiger partial charge in [0.15, 0.2) is 0 Å². The number of benzene rings is 2. The number of nitrogens with one attached hydrogen (secondary N) is 1. The second-order valence-corrected chi connectivity index (χ2v) is 5.92. The minimum atomic E-state index is 0.464. The number of halogens is 1. The van der Waals surface area contributed by atoms with Gasteiger partial charge in [0.05, 0.1) is 0 Å². The zero-order valence-corrected chi connectivity index (χ0v) is 12.5. The number of nitrogens with zero attached hydrogens (tertiary/aromatic N) is 1. The van der Waals surface area contributed by atoms with E-state index in [9.17, 15) is 0 Å². The lowest BCUT2D eigenvalue weighted by Crippen LogP contribution is -2.33. The largest absolute Gasteiger partial charge is 0.340 e. The third-order valence-corrected chi connectivity index (χ3v) is 3.99. The van der Waals surface area contributed by atoms with Crippen molar-refractivity contribution in [2.24, 2.45) is 0 Å². The molecule has 0 bridgehead atoms. The van der Waals surface area contributed by atoms with E-state index in [-0.39, 0.29) is 0 Å². The van der Waals surface area contributed by atoms with Gasteiger partial charge in [-0.3, -0.25) is 0 Å². The van der Waals surface area contributed by atoms with Crippen LogP contribution in [-0.2, 0) is 6.54 Å². The first-order valence-electron chi connectivity index (χ1n) is 6.58. The van der Waals surface area contributed by atoms with Crippen LogP contribution in [0.5, 0.6) is 0 Å². The second kappa shape index (κ2) is 5.35. The molecule has 19 heavy (non-hydrogen) atoms. The van der Waals surface area contributed by atoms with Crippen molar-refractivity contribution in [2.45, 2.75) is 19.5 Å². The van der Waals surface area contributed by atoms with Crippen molar-refractivity contribution in [3.05, 3.63) is 58.6 Å².